The molecule has 1 aromatic carbocycles. The molecule has 2 rings (SSSR count). The average molecular weight is 327 g/mol. The summed E-state index contributed by atoms with van der Waals surface area (Å²) < 4.78 is 0.939. The lowest BCUT2D eigenvalue weighted by atomic mass is 10.0. The summed E-state index contributed by atoms with van der Waals surface area (Å²) in [5, 5.41) is 0.694. The number of nitrogens with one attached hydrogen (secondary N) is 1. The molecule has 18 heavy (non-hydrogen) atoms. The minimum atomic E-state index is -0.00783. The van der Waals surface area contributed by atoms with Gasteiger partial charge in [-0.1, -0.05) is 39.7 Å². The van der Waals surface area contributed by atoms with Gasteiger partial charge < -0.3 is 0 Å². The Morgan fingerprint density at radius 2 is 2.17 bits per heavy atom. The van der Waals surface area contributed by atoms with Crippen LogP contribution in [0.5, 0.6) is 0 Å². The third-order valence-electron chi connectivity index (χ3n) is 2.68. The smallest absolute Gasteiger partial charge is 0.0526 e. The molecule has 2 aromatic rings. The van der Waals surface area contributed by atoms with Crippen molar-refractivity contribution in [2.24, 2.45) is 5.84 Å². The molecule has 1 heterocycles. The quantitative estimate of drug-likeness (QED) is 0.670. The molecule has 5 heteroatoms. The van der Waals surface area contributed by atoms with Crippen LogP contribution < -0.4 is 11.3 Å². The maximum atomic E-state index is 5.93. The molecule has 0 radical (unpaired) electrons. The van der Waals surface area contributed by atoms with Gasteiger partial charge >= 0.3 is 0 Å². The monoisotopic (exact) mass is 325 g/mol. The number of benzene rings is 1. The highest BCUT2D eigenvalue weighted by molar-refractivity contribution is 9.10. The number of nitrogens with zero attached hydrogens (tertiary/aromatic N) is 1. The maximum Gasteiger partial charge on any atom is 0.0526 e. The number of halogens is 2. The predicted molar refractivity (Wildman–Crippen MR) is 77.2 cm³/mol. The van der Waals surface area contributed by atoms with E-state index >= 15 is 0 Å². The fourth-order valence-corrected chi connectivity index (χ4v) is 2.73. The van der Waals surface area contributed by atoms with Crippen molar-refractivity contribution in [1.82, 2.24) is 10.4 Å². The second-order valence-corrected chi connectivity index (χ2v) is 5.20. The van der Waals surface area contributed by atoms with E-state index in [9.17, 15) is 0 Å². The summed E-state index contributed by atoms with van der Waals surface area (Å²) in [6.45, 7) is 0. The molecule has 0 aliphatic heterocycles. The summed E-state index contributed by atoms with van der Waals surface area (Å²) >= 11 is 9.43. The Balaban J connectivity index is 2.23. The molecular formula is C13H13BrClN3. The Bertz CT molecular complexity index is 519. The van der Waals surface area contributed by atoms with Crippen LogP contribution >= 0.6 is 27.5 Å². The van der Waals surface area contributed by atoms with Crippen LogP contribution in [-0.4, -0.2) is 4.98 Å². The van der Waals surface area contributed by atoms with Crippen LogP contribution in [0.2, 0.25) is 5.02 Å². The van der Waals surface area contributed by atoms with Crippen molar-refractivity contribution in [2.45, 2.75) is 12.5 Å². The SMILES string of the molecule is NNC(Cc1ccccn1)c1ccc(Cl)cc1Br. The molecule has 0 aliphatic carbocycles. The molecule has 0 amide bonds. The van der Waals surface area contributed by atoms with Gasteiger partial charge in [0.25, 0.3) is 0 Å². The van der Waals surface area contributed by atoms with E-state index in [1.807, 2.05) is 36.4 Å². The van der Waals surface area contributed by atoms with Crippen molar-refractivity contribution in [3.05, 3.63) is 63.3 Å². The molecule has 0 saturated heterocycles. The van der Waals surface area contributed by atoms with E-state index in [1.165, 1.54) is 0 Å². The molecular weight excluding hydrogens is 314 g/mol. The maximum absolute atomic E-state index is 5.93. The topological polar surface area (TPSA) is 50.9 Å². The zero-order chi connectivity index (χ0) is 13.0. The molecule has 3 N–H and O–H groups in total. The Kier molecular flexibility index (Phi) is 4.72. The molecule has 1 unspecified atom stereocenters. The van der Waals surface area contributed by atoms with Crippen LogP contribution in [-0.2, 0) is 6.42 Å². The van der Waals surface area contributed by atoms with Crippen LogP contribution in [0.25, 0.3) is 0 Å². The van der Waals surface area contributed by atoms with E-state index in [0.29, 0.717) is 5.02 Å². The van der Waals surface area contributed by atoms with E-state index in [4.69, 9.17) is 17.4 Å². The first kappa shape index (κ1) is 13.5. The fraction of sp³-hybridized carbons (Fsp3) is 0.154. The van der Waals surface area contributed by atoms with Gasteiger partial charge in [-0.25, -0.2) is 0 Å². The molecule has 0 bridgehead atoms. The van der Waals surface area contributed by atoms with Crippen molar-refractivity contribution in [1.29, 1.82) is 0 Å². The molecule has 94 valence electrons. The lowest BCUT2D eigenvalue weighted by molar-refractivity contribution is 0.544. The molecule has 0 spiro atoms. The van der Waals surface area contributed by atoms with Gasteiger partial charge in [-0.2, -0.15) is 0 Å². The number of hydrogen-bond donors (Lipinski definition) is 2. The first-order valence-corrected chi connectivity index (χ1v) is 6.69. The van der Waals surface area contributed by atoms with Gasteiger partial charge in [-0.05, 0) is 29.8 Å². The number of hydrazine groups is 1. The molecule has 3 nitrogen and oxygen atoms in total. The highest BCUT2D eigenvalue weighted by atomic mass is 79.9. The Hall–Kier alpha value is -0.940. The average Bonchev–Trinajstić information content (AvgIpc) is 2.38. The first-order chi connectivity index (χ1) is 8.70. The predicted octanol–water partition coefficient (Wildman–Crippen LogP) is 3.24. The molecule has 0 fully saturated rings. The summed E-state index contributed by atoms with van der Waals surface area (Å²) in [7, 11) is 0. The zero-order valence-corrected chi connectivity index (χ0v) is 11.9. The van der Waals surface area contributed by atoms with Crippen molar-refractivity contribution in [3.8, 4) is 0 Å². The third-order valence-corrected chi connectivity index (χ3v) is 3.60. The number of rotatable bonds is 4. The van der Waals surface area contributed by atoms with Crippen molar-refractivity contribution < 1.29 is 0 Å². The third kappa shape index (κ3) is 3.29. The lowest BCUT2D eigenvalue weighted by Crippen LogP contribution is -2.30. The summed E-state index contributed by atoms with van der Waals surface area (Å²) in [6.07, 6.45) is 2.50. The van der Waals surface area contributed by atoms with Gasteiger partial charge in [0.2, 0.25) is 0 Å². The number of nitrogens with two attached hydrogens (primary N) is 1. The van der Waals surface area contributed by atoms with Crippen LogP contribution in [0.4, 0.5) is 0 Å². The second-order valence-electron chi connectivity index (χ2n) is 3.91. The summed E-state index contributed by atoms with van der Waals surface area (Å²) in [5.41, 5.74) is 4.86. The summed E-state index contributed by atoms with van der Waals surface area (Å²) in [4.78, 5) is 4.30. The van der Waals surface area contributed by atoms with E-state index in [2.05, 4.69) is 26.3 Å². The van der Waals surface area contributed by atoms with Gasteiger partial charge in [0.05, 0.1) is 6.04 Å². The summed E-state index contributed by atoms with van der Waals surface area (Å²) in [5.74, 6) is 5.63. The van der Waals surface area contributed by atoms with Crippen LogP contribution in [0.15, 0.2) is 47.1 Å². The zero-order valence-electron chi connectivity index (χ0n) is 9.61. The Morgan fingerprint density at radius 1 is 1.33 bits per heavy atom. The molecule has 1 atom stereocenters. The second kappa shape index (κ2) is 6.29. The first-order valence-electron chi connectivity index (χ1n) is 5.51. The van der Waals surface area contributed by atoms with E-state index < -0.39 is 0 Å². The highest BCUT2D eigenvalue weighted by Crippen LogP contribution is 2.28. The summed E-state index contributed by atoms with van der Waals surface area (Å²) in [6, 6.07) is 11.5. The van der Waals surface area contributed by atoms with Crippen LogP contribution in [0, 0.1) is 0 Å². The minimum Gasteiger partial charge on any atom is -0.271 e. The fourth-order valence-electron chi connectivity index (χ4n) is 1.77. The number of pyridine rings is 1. The van der Waals surface area contributed by atoms with Crippen molar-refractivity contribution >= 4 is 27.5 Å². The van der Waals surface area contributed by atoms with Crippen molar-refractivity contribution in [2.75, 3.05) is 0 Å². The van der Waals surface area contributed by atoms with Gasteiger partial charge in [-0.3, -0.25) is 16.3 Å². The van der Waals surface area contributed by atoms with Crippen LogP contribution in [0.3, 0.4) is 0 Å². The minimum absolute atomic E-state index is 0.00783. The molecule has 0 saturated carbocycles. The van der Waals surface area contributed by atoms with Crippen molar-refractivity contribution in [3.63, 3.8) is 0 Å². The van der Waals surface area contributed by atoms with E-state index in [1.54, 1.807) is 6.20 Å². The van der Waals surface area contributed by atoms with Gasteiger partial charge in [0, 0.05) is 27.8 Å². The van der Waals surface area contributed by atoms with Crippen LogP contribution in [0.1, 0.15) is 17.3 Å². The van der Waals surface area contributed by atoms with Gasteiger partial charge in [0.1, 0.15) is 0 Å². The van der Waals surface area contributed by atoms with Gasteiger partial charge in [-0.15, -0.1) is 0 Å². The molecule has 1 aromatic heterocycles. The Labute approximate surface area is 119 Å². The van der Waals surface area contributed by atoms with E-state index in [-0.39, 0.29) is 6.04 Å². The number of hydrogen-bond acceptors (Lipinski definition) is 3. The van der Waals surface area contributed by atoms with E-state index in [0.717, 1.165) is 22.2 Å². The Morgan fingerprint density at radius 3 is 2.78 bits per heavy atom. The lowest BCUT2D eigenvalue weighted by Gasteiger charge is -2.17. The van der Waals surface area contributed by atoms with Gasteiger partial charge in [0.15, 0.2) is 0 Å². The highest BCUT2D eigenvalue weighted by Gasteiger charge is 2.14. The number of aromatic nitrogens is 1. The largest absolute Gasteiger partial charge is 0.271 e. The standard InChI is InChI=1S/C13H13BrClN3/c14-12-7-9(15)4-5-11(12)13(18-16)8-10-3-1-2-6-17-10/h1-7,13,18H,8,16H2. The molecule has 0 aliphatic rings. The normalized spacial score (nSPS) is 12.4.